The molecular weight excluding hydrogens is 192 g/mol. The van der Waals surface area contributed by atoms with Crippen LogP contribution < -0.4 is 5.32 Å². The Morgan fingerprint density at radius 2 is 2.33 bits per heavy atom. The molecule has 15 heavy (non-hydrogen) atoms. The number of ether oxygens (including phenoxy) is 1. The van der Waals surface area contributed by atoms with Gasteiger partial charge in [0, 0.05) is 13.1 Å². The first kappa shape index (κ1) is 12.1. The maximum atomic E-state index is 5.45. The molecule has 0 amide bonds. The van der Waals surface area contributed by atoms with Gasteiger partial charge in [0.2, 0.25) is 0 Å². The second kappa shape index (κ2) is 6.53. The van der Waals surface area contributed by atoms with Crippen molar-refractivity contribution in [2.75, 3.05) is 20.2 Å². The van der Waals surface area contributed by atoms with E-state index in [0.29, 0.717) is 19.1 Å². The van der Waals surface area contributed by atoms with Crippen molar-refractivity contribution in [3.8, 4) is 0 Å². The molecule has 0 atom stereocenters. The number of rotatable bonds is 7. The summed E-state index contributed by atoms with van der Waals surface area (Å²) >= 11 is 0. The molecule has 0 aliphatic rings. The van der Waals surface area contributed by atoms with Crippen LogP contribution in [0, 0.1) is 5.92 Å². The van der Waals surface area contributed by atoms with Gasteiger partial charge in [0.1, 0.15) is 12.9 Å². The maximum Gasteiger partial charge on any atom is 0.152 e. The Labute approximate surface area is 90.8 Å². The van der Waals surface area contributed by atoms with Crippen molar-refractivity contribution >= 4 is 0 Å². The number of hydrogen-bond acceptors (Lipinski definition) is 4. The van der Waals surface area contributed by atoms with Crippen LogP contribution in [0.15, 0.2) is 6.33 Å². The average molecular weight is 212 g/mol. The summed E-state index contributed by atoms with van der Waals surface area (Å²) in [7, 11) is 1.91. The van der Waals surface area contributed by atoms with Crippen LogP contribution in [-0.2, 0) is 17.9 Å². The van der Waals surface area contributed by atoms with E-state index >= 15 is 0 Å². The first-order valence-electron chi connectivity index (χ1n) is 5.33. The van der Waals surface area contributed by atoms with Crippen LogP contribution in [0.4, 0.5) is 0 Å². The molecule has 1 aromatic heterocycles. The molecule has 0 bridgehead atoms. The van der Waals surface area contributed by atoms with E-state index in [9.17, 15) is 0 Å². The highest BCUT2D eigenvalue weighted by Gasteiger charge is 2.05. The summed E-state index contributed by atoms with van der Waals surface area (Å²) in [5.41, 5.74) is 0. The molecule has 1 rings (SSSR count). The summed E-state index contributed by atoms with van der Waals surface area (Å²) < 4.78 is 7.36. The summed E-state index contributed by atoms with van der Waals surface area (Å²) in [4.78, 5) is 4.17. The highest BCUT2D eigenvalue weighted by molar-refractivity contribution is 4.81. The lowest BCUT2D eigenvalue weighted by molar-refractivity contribution is 0.114. The molecule has 0 saturated carbocycles. The molecule has 0 saturated heterocycles. The number of nitrogens with zero attached hydrogens (tertiary/aromatic N) is 3. The third-order valence-electron chi connectivity index (χ3n) is 1.96. The van der Waals surface area contributed by atoms with Crippen molar-refractivity contribution in [2.24, 2.45) is 5.92 Å². The van der Waals surface area contributed by atoms with E-state index in [1.807, 2.05) is 11.7 Å². The topological polar surface area (TPSA) is 52.0 Å². The van der Waals surface area contributed by atoms with Crippen LogP contribution in [0.1, 0.15) is 19.7 Å². The number of hydrogen-bond donors (Lipinski definition) is 1. The van der Waals surface area contributed by atoms with Gasteiger partial charge in [-0.05, 0) is 13.0 Å². The lowest BCUT2D eigenvalue weighted by Gasteiger charge is -2.08. The Bertz CT molecular complexity index is 272. The molecule has 0 spiro atoms. The molecule has 1 aromatic rings. The zero-order valence-electron chi connectivity index (χ0n) is 9.73. The predicted molar refractivity (Wildman–Crippen MR) is 58.4 cm³/mol. The quantitative estimate of drug-likeness (QED) is 0.675. The summed E-state index contributed by atoms with van der Waals surface area (Å²) in [6.45, 7) is 7.31. The zero-order chi connectivity index (χ0) is 11.1. The van der Waals surface area contributed by atoms with Crippen molar-refractivity contribution in [3.05, 3.63) is 12.2 Å². The van der Waals surface area contributed by atoms with E-state index in [1.54, 1.807) is 6.33 Å². The fraction of sp³-hybridized carbons (Fsp3) is 0.800. The summed E-state index contributed by atoms with van der Waals surface area (Å²) in [5, 5.41) is 7.19. The van der Waals surface area contributed by atoms with Gasteiger partial charge in [-0.2, -0.15) is 5.10 Å². The second-order valence-corrected chi connectivity index (χ2v) is 3.91. The standard InChI is InChI=1S/C10H20N4O/c1-9(2)6-14-10(12-8-13-14)7-15-5-4-11-3/h8-9,11H,4-7H2,1-3H3. The van der Waals surface area contributed by atoms with Gasteiger partial charge in [0.25, 0.3) is 0 Å². The Hall–Kier alpha value is -0.940. The van der Waals surface area contributed by atoms with Gasteiger partial charge in [0.15, 0.2) is 5.82 Å². The Morgan fingerprint density at radius 1 is 1.53 bits per heavy atom. The van der Waals surface area contributed by atoms with Crippen LogP contribution in [0.25, 0.3) is 0 Å². The van der Waals surface area contributed by atoms with Gasteiger partial charge in [-0.25, -0.2) is 9.67 Å². The zero-order valence-corrected chi connectivity index (χ0v) is 9.73. The first-order valence-corrected chi connectivity index (χ1v) is 5.33. The SMILES string of the molecule is CNCCOCc1ncnn1CC(C)C. The normalized spacial score (nSPS) is 11.2. The Kier molecular flexibility index (Phi) is 5.28. The second-order valence-electron chi connectivity index (χ2n) is 3.91. The molecule has 86 valence electrons. The highest BCUT2D eigenvalue weighted by Crippen LogP contribution is 2.02. The summed E-state index contributed by atoms with van der Waals surface area (Å²) in [6, 6.07) is 0. The largest absolute Gasteiger partial charge is 0.372 e. The van der Waals surface area contributed by atoms with Crippen molar-refractivity contribution in [1.29, 1.82) is 0 Å². The van der Waals surface area contributed by atoms with Crippen molar-refractivity contribution in [2.45, 2.75) is 27.0 Å². The fourth-order valence-corrected chi connectivity index (χ4v) is 1.24. The maximum absolute atomic E-state index is 5.45. The first-order chi connectivity index (χ1) is 7.24. The van der Waals surface area contributed by atoms with Gasteiger partial charge in [0.05, 0.1) is 6.61 Å². The van der Waals surface area contributed by atoms with Crippen LogP contribution in [0.3, 0.4) is 0 Å². The van der Waals surface area contributed by atoms with Gasteiger partial charge in [-0.3, -0.25) is 0 Å². The molecule has 0 aromatic carbocycles. The molecule has 0 aliphatic heterocycles. The average Bonchev–Trinajstić information content (AvgIpc) is 2.59. The smallest absolute Gasteiger partial charge is 0.152 e. The van der Waals surface area contributed by atoms with E-state index in [0.717, 1.165) is 18.9 Å². The van der Waals surface area contributed by atoms with Gasteiger partial charge >= 0.3 is 0 Å². The molecule has 5 nitrogen and oxygen atoms in total. The third-order valence-corrected chi connectivity index (χ3v) is 1.96. The van der Waals surface area contributed by atoms with E-state index in [4.69, 9.17) is 4.74 Å². The third kappa shape index (κ3) is 4.40. The summed E-state index contributed by atoms with van der Waals surface area (Å²) in [5.74, 6) is 1.47. The molecule has 0 aliphatic carbocycles. The monoisotopic (exact) mass is 212 g/mol. The molecular formula is C10H20N4O. The van der Waals surface area contributed by atoms with Crippen LogP contribution in [0.2, 0.25) is 0 Å². The van der Waals surface area contributed by atoms with Crippen molar-refractivity contribution in [1.82, 2.24) is 20.1 Å². The fourth-order valence-electron chi connectivity index (χ4n) is 1.24. The van der Waals surface area contributed by atoms with Crippen LogP contribution >= 0.6 is 0 Å². The molecule has 0 unspecified atom stereocenters. The number of aromatic nitrogens is 3. The van der Waals surface area contributed by atoms with Crippen LogP contribution in [0.5, 0.6) is 0 Å². The predicted octanol–water partition coefficient (Wildman–Crippen LogP) is 0.670. The van der Waals surface area contributed by atoms with Gasteiger partial charge in [-0.15, -0.1) is 0 Å². The molecule has 1 N–H and O–H groups in total. The Morgan fingerprint density at radius 3 is 3.00 bits per heavy atom. The minimum absolute atomic E-state index is 0.536. The molecule has 5 heteroatoms. The van der Waals surface area contributed by atoms with Crippen molar-refractivity contribution in [3.63, 3.8) is 0 Å². The molecule has 0 fully saturated rings. The van der Waals surface area contributed by atoms with Gasteiger partial charge < -0.3 is 10.1 Å². The molecule has 1 heterocycles. The lowest BCUT2D eigenvalue weighted by Crippen LogP contribution is -2.16. The van der Waals surface area contributed by atoms with E-state index in [-0.39, 0.29) is 0 Å². The molecule has 0 radical (unpaired) electrons. The highest BCUT2D eigenvalue weighted by atomic mass is 16.5. The minimum atomic E-state index is 0.536. The Balaban J connectivity index is 2.36. The minimum Gasteiger partial charge on any atom is -0.372 e. The summed E-state index contributed by atoms with van der Waals surface area (Å²) in [6.07, 6.45) is 1.58. The van der Waals surface area contributed by atoms with Crippen molar-refractivity contribution < 1.29 is 4.74 Å². The number of likely N-dealkylation sites (N-methyl/N-ethyl adjacent to an activating group) is 1. The van der Waals surface area contributed by atoms with Gasteiger partial charge in [-0.1, -0.05) is 13.8 Å². The number of nitrogens with one attached hydrogen (secondary N) is 1. The van der Waals surface area contributed by atoms with E-state index in [2.05, 4.69) is 29.2 Å². The van der Waals surface area contributed by atoms with Crippen LogP contribution in [-0.4, -0.2) is 35.0 Å². The van der Waals surface area contributed by atoms with E-state index in [1.165, 1.54) is 0 Å². The lowest BCUT2D eigenvalue weighted by atomic mass is 10.2. The van der Waals surface area contributed by atoms with E-state index < -0.39 is 0 Å².